The molecular weight excluding hydrogens is 278 g/mol. The zero-order chi connectivity index (χ0) is 12.4. The molecule has 2 nitrogen and oxygen atoms in total. The molecule has 1 heterocycles. The Morgan fingerprint density at radius 2 is 1.94 bits per heavy atom. The standard InChI is InChI=1S/C14H24BrNO/c1-10(2)12-3-5-13(6-4-12)16-9-11(8-15)7-14(16)17/h10-13H,3-9H2,1-2H3. The number of hydrogen-bond donors (Lipinski definition) is 0. The molecule has 1 atom stereocenters. The van der Waals surface area contributed by atoms with Gasteiger partial charge in [-0.1, -0.05) is 29.8 Å². The van der Waals surface area contributed by atoms with Crippen molar-refractivity contribution in [2.45, 2.75) is 52.0 Å². The predicted molar refractivity (Wildman–Crippen MR) is 74.2 cm³/mol. The van der Waals surface area contributed by atoms with Gasteiger partial charge in [-0.05, 0) is 43.4 Å². The number of likely N-dealkylation sites (tertiary alicyclic amines) is 1. The third-order valence-electron chi connectivity index (χ3n) is 4.58. The predicted octanol–water partition coefficient (Wildman–Crippen LogP) is 3.44. The molecule has 0 N–H and O–H groups in total. The quantitative estimate of drug-likeness (QED) is 0.731. The molecule has 1 saturated heterocycles. The highest BCUT2D eigenvalue weighted by molar-refractivity contribution is 9.09. The van der Waals surface area contributed by atoms with E-state index in [1.54, 1.807) is 0 Å². The zero-order valence-corrected chi connectivity index (χ0v) is 12.6. The normalized spacial score (nSPS) is 34.7. The Morgan fingerprint density at radius 3 is 2.41 bits per heavy atom. The van der Waals surface area contributed by atoms with E-state index in [4.69, 9.17) is 0 Å². The molecule has 0 radical (unpaired) electrons. The number of hydrogen-bond acceptors (Lipinski definition) is 1. The van der Waals surface area contributed by atoms with E-state index < -0.39 is 0 Å². The Bertz CT molecular complexity index is 271. The number of alkyl halides is 1. The lowest BCUT2D eigenvalue weighted by Crippen LogP contribution is -2.39. The van der Waals surface area contributed by atoms with Gasteiger partial charge in [0.2, 0.25) is 5.91 Å². The monoisotopic (exact) mass is 301 g/mol. The molecule has 1 saturated carbocycles. The van der Waals surface area contributed by atoms with Gasteiger partial charge in [0, 0.05) is 24.3 Å². The Balaban J connectivity index is 1.87. The third-order valence-corrected chi connectivity index (χ3v) is 5.50. The van der Waals surface area contributed by atoms with E-state index in [9.17, 15) is 4.79 Å². The fourth-order valence-electron chi connectivity index (χ4n) is 3.34. The molecular formula is C14H24BrNO. The maximum Gasteiger partial charge on any atom is 0.223 e. The van der Waals surface area contributed by atoms with Crippen molar-refractivity contribution >= 4 is 21.8 Å². The minimum atomic E-state index is 0.391. The summed E-state index contributed by atoms with van der Waals surface area (Å²) in [4.78, 5) is 14.1. The Morgan fingerprint density at radius 1 is 1.29 bits per heavy atom. The molecule has 1 amide bonds. The third kappa shape index (κ3) is 3.04. The van der Waals surface area contributed by atoms with Gasteiger partial charge in [0.15, 0.2) is 0 Å². The summed E-state index contributed by atoms with van der Waals surface area (Å²) < 4.78 is 0. The highest BCUT2D eigenvalue weighted by Gasteiger charge is 2.35. The van der Waals surface area contributed by atoms with E-state index in [0.29, 0.717) is 17.9 Å². The largest absolute Gasteiger partial charge is 0.339 e. The van der Waals surface area contributed by atoms with Crippen LogP contribution in [0.2, 0.25) is 0 Å². The molecule has 1 aliphatic carbocycles. The van der Waals surface area contributed by atoms with Crippen LogP contribution < -0.4 is 0 Å². The number of amides is 1. The van der Waals surface area contributed by atoms with Crippen LogP contribution in [0.15, 0.2) is 0 Å². The van der Waals surface area contributed by atoms with Gasteiger partial charge in [-0.3, -0.25) is 4.79 Å². The maximum atomic E-state index is 12.0. The summed E-state index contributed by atoms with van der Waals surface area (Å²) in [5, 5.41) is 0.969. The van der Waals surface area contributed by atoms with E-state index in [1.165, 1.54) is 25.7 Å². The highest BCUT2D eigenvalue weighted by Crippen LogP contribution is 2.34. The molecule has 0 spiro atoms. The van der Waals surface area contributed by atoms with Crippen molar-refractivity contribution in [1.29, 1.82) is 0 Å². The van der Waals surface area contributed by atoms with Crippen molar-refractivity contribution in [1.82, 2.24) is 4.90 Å². The first-order valence-corrected chi connectivity index (χ1v) is 8.09. The molecule has 0 aromatic carbocycles. The molecule has 3 heteroatoms. The van der Waals surface area contributed by atoms with E-state index in [0.717, 1.165) is 30.1 Å². The van der Waals surface area contributed by atoms with Crippen LogP contribution in [0.5, 0.6) is 0 Å². The van der Waals surface area contributed by atoms with Gasteiger partial charge in [-0.2, -0.15) is 0 Å². The average Bonchev–Trinajstić information content (AvgIpc) is 2.71. The molecule has 2 aliphatic rings. The summed E-state index contributed by atoms with van der Waals surface area (Å²) in [5.74, 6) is 2.63. The van der Waals surface area contributed by atoms with Crippen LogP contribution in [0.4, 0.5) is 0 Å². The molecule has 0 aromatic rings. The van der Waals surface area contributed by atoms with Crippen LogP contribution in [0.1, 0.15) is 46.0 Å². The van der Waals surface area contributed by atoms with Gasteiger partial charge in [0.25, 0.3) is 0 Å². The van der Waals surface area contributed by atoms with Gasteiger partial charge in [0.05, 0.1) is 0 Å². The van der Waals surface area contributed by atoms with Crippen LogP contribution in [0.3, 0.4) is 0 Å². The SMILES string of the molecule is CC(C)C1CCC(N2CC(CBr)CC2=O)CC1. The van der Waals surface area contributed by atoms with E-state index >= 15 is 0 Å². The second kappa shape index (κ2) is 5.73. The van der Waals surface area contributed by atoms with Gasteiger partial charge < -0.3 is 4.90 Å². The number of rotatable bonds is 3. The van der Waals surface area contributed by atoms with Gasteiger partial charge >= 0.3 is 0 Å². The summed E-state index contributed by atoms with van der Waals surface area (Å²) >= 11 is 3.50. The first-order valence-electron chi connectivity index (χ1n) is 6.97. The maximum absolute atomic E-state index is 12.0. The van der Waals surface area contributed by atoms with Crippen LogP contribution in [-0.2, 0) is 4.79 Å². The summed E-state index contributed by atoms with van der Waals surface area (Å²) in [6.45, 7) is 5.64. The lowest BCUT2D eigenvalue weighted by molar-refractivity contribution is -0.130. The van der Waals surface area contributed by atoms with Crippen molar-refractivity contribution in [3.8, 4) is 0 Å². The Kier molecular flexibility index (Phi) is 4.51. The first kappa shape index (κ1) is 13.4. The minimum Gasteiger partial charge on any atom is -0.339 e. The smallest absolute Gasteiger partial charge is 0.223 e. The summed E-state index contributed by atoms with van der Waals surface area (Å²) in [6, 6.07) is 0.543. The number of nitrogens with zero attached hydrogens (tertiary/aromatic N) is 1. The van der Waals surface area contributed by atoms with Gasteiger partial charge in [-0.15, -0.1) is 0 Å². The molecule has 1 aliphatic heterocycles. The summed E-state index contributed by atoms with van der Waals surface area (Å²) in [5.41, 5.74) is 0. The number of carbonyl (C=O) groups is 1. The van der Waals surface area contributed by atoms with Crippen LogP contribution >= 0.6 is 15.9 Å². The molecule has 98 valence electrons. The van der Waals surface area contributed by atoms with Crippen molar-refractivity contribution in [2.75, 3.05) is 11.9 Å². The molecule has 0 aromatic heterocycles. The first-order chi connectivity index (χ1) is 8.11. The van der Waals surface area contributed by atoms with Gasteiger partial charge in [0.1, 0.15) is 0 Å². The van der Waals surface area contributed by atoms with Gasteiger partial charge in [-0.25, -0.2) is 0 Å². The lowest BCUT2D eigenvalue weighted by atomic mass is 9.79. The van der Waals surface area contributed by atoms with Crippen molar-refractivity contribution in [3.05, 3.63) is 0 Å². The van der Waals surface area contributed by atoms with Crippen molar-refractivity contribution in [2.24, 2.45) is 17.8 Å². The molecule has 0 bridgehead atoms. The van der Waals surface area contributed by atoms with E-state index in [1.807, 2.05) is 0 Å². The molecule has 17 heavy (non-hydrogen) atoms. The Hall–Kier alpha value is -0.0500. The minimum absolute atomic E-state index is 0.391. The zero-order valence-electron chi connectivity index (χ0n) is 11.0. The van der Waals surface area contributed by atoms with Crippen molar-refractivity contribution < 1.29 is 4.79 Å². The fraction of sp³-hybridized carbons (Fsp3) is 0.929. The fourth-order valence-corrected chi connectivity index (χ4v) is 3.78. The second-order valence-electron chi connectivity index (χ2n) is 6.08. The molecule has 2 rings (SSSR count). The Labute approximate surface area is 113 Å². The lowest BCUT2D eigenvalue weighted by Gasteiger charge is -2.36. The molecule has 1 unspecified atom stereocenters. The van der Waals surface area contributed by atoms with Crippen LogP contribution in [-0.4, -0.2) is 28.7 Å². The topological polar surface area (TPSA) is 20.3 Å². The van der Waals surface area contributed by atoms with E-state index in [-0.39, 0.29) is 0 Å². The summed E-state index contributed by atoms with van der Waals surface area (Å²) in [7, 11) is 0. The van der Waals surface area contributed by atoms with Crippen LogP contribution in [0, 0.1) is 17.8 Å². The van der Waals surface area contributed by atoms with Crippen molar-refractivity contribution in [3.63, 3.8) is 0 Å². The summed E-state index contributed by atoms with van der Waals surface area (Å²) in [6.07, 6.45) is 5.83. The highest BCUT2D eigenvalue weighted by atomic mass is 79.9. The van der Waals surface area contributed by atoms with Crippen LogP contribution in [0.25, 0.3) is 0 Å². The number of carbonyl (C=O) groups excluding carboxylic acids is 1. The van der Waals surface area contributed by atoms with E-state index in [2.05, 4.69) is 34.7 Å². The molecule has 2 fully saturated rings. The second-order valence-corrected chi connectivity index (χ2v) is 6.73. The number of halogens is 1. The average molecular weight is 302 g/mol.